The van der Waals surface area contributed by atoms with E-state index in [1.54, 1.807) is 16.4 Å². The molecule has 1 atom stereocenters. The monoisotopic (exact) mass is 441 g/mol. The first-order chi connectivity index (χ1) is 14.9. The number of benzene rings is 2. The van der Waals surface area contributed by atoms with E-state index >= 15 is 0 Å². The van der Waals surface area contributed by atoms with Crippen LogP contribution in [0.2, 0.25) is 0 Å². The van der Waals surface area contributed by atoms with Crippen LogP contribution in [0.3, 0.4) is 0 Å². The molecule has 31 heavy (non-hydrogen) atoms. The summed E-state index contributed by atoms with van der Waals surface area (Å²) in [5, 5.41) is 2.92. The van der Waals surface area contributed by atoms with Crippen molar-refractivity contribution in [2.45, 2.75) is 56.5 Å². The van der Waals surface area contributed by atoms with Crippen molar-refractivity contribution in [3.05, 3.63) is 59.7 Å². The summed E-state index contributed by atoms with van der Waals surface area (Å²) in [5.74, 6) is -0.209. The predicted octanol–water partition coefficient (Wildman–Crippen LogP) is 3.78. The van der Waals surface area contributed by atoms with Crippen LogP contribution in [0.5, 0.6) is 0 Å². The largest absolute Gasteiger partial charge is 0.372 e. The highest BCUT2D eigenvalue weighted by Crippen LogP contribution is 2.25. The third-order valence-corrected chi connectivity index (χ3v) is 8.35. The molecule has 2 aromatic carbocycles. The molecule has 166 valence electrons. The fraction of sp³-hybridized carbons (Fsp3) is 0.458. The van der Waals surface area contributed by atoms with E-state index in [0.717, 1.165) is 37.9 Å². The van der Waals surface area contributed by atoms with Crippen molar-refractivity contribution in [1.29, 1.82) is 0 Å². The van der Waals surface area contributed by atoms with E-state index in [1.807, 2.05) is 19.1 Å². The molecule has 1 N–H and O–H groups in total. The van der Waals surface area contributed by atoms with Gasteiger partial charge in [0.15, 0.2) is 0 Å². The van der Waals surface area contributed by atoms with Gasteiger partial charge in [-0.25, -0.2) is 8.42 Å². The van der Waals surface area contributed by atoms with Gasteiger partial charge < -0.3 is 10.2 Å². The lowest BCUT2D eigenvalue weighted by Crippen LogP contribution is -2.41. The van der Waals surface area contributed by atoms with Gasteiger partial charge in [-0.3, -0.25) is 4.79 Å². The third-order valence-electron chi connectivity index (χ3n) is 6.33. The lowest BCUT2D eigenvalue weighted by atomic mass is 10.1. The van der Waals surface area contributed by atoms with Crippen LogP contribution in [0, 0.1) is 0 Å². The summed E-state index contributed by atoms with van der Waals surface area (Å²) in [4.78, 5) is 15.2. The van der Waals surface area contributed by atoms with Gasteiger partial charge in [-0.05, 0) is 74.6 Å². The molecule has 2 saturated heterocycles. The van der Waals surface area contributed by atoms with Crippen molar-refractivity contribution >= 4 is 21.6 Å². The second-order valence-corrected chi connectivity index (χ2v) is 10.4. The molecular weight excluding hydrogens is 410 g/mol. The predicted molar refractivity (Wildman–Crippen MR) is 123 cm³/mol. The number of sulfonamides is 1. The van der Waals surface area contributed by atoms with Crippen LogP contribution in [-0.2, 0) is 16.6 Å². The highest BCUT2D eigenvalue weighted by molar-refractivity contribution is 7.89. The summed E-state index contributed by atoms with van der Waals surface area (Å²) in [6.45, 7) is 5.17. The van der Waals surface area contributed by atoms with E-state index in [4.69, 9.17) is 0 Å². The molecule has 0 saturated carbocycles. The summed E-state index contributed by atoms with van der Waals surface area (Å²) < 4.78 is 27.4. The maximum absolute atomic E-state index is 12.9. The van der Waals surface area contributed by atoms with Gasteiger partial charge in [0, 0.05) is 43.5 Å². The number of piperidine rings is 1. The number of rotatable bonds is 6. The average molecular weight is 442 g/mol. The summed E-state index contributed by atoms with van der Waals surface area (Å²) in [7, 11) is -3.52. The molecule has 0 bridgehead atoms. The number of hydrogen-bond acceptors (Lipinski definition) is 4. The second-order valence-electron chi connectivity index (χ2n) is 8.53. The van der Waals surface area contributed by atoms with Gasteiger partial charge in [-0.2, -0.15) is 4.31 Å². The summed E-state index contributed by atoms with van der Waals surface area (Å²) in [6.07, 6.45) is 5.33. The Morgan fingerprint density at radius 3 is 2.23 bits per heavy atom. The van der Waals surface area contributed by atoms with Crippen molar-refractivity contribution in [2.75, 3.05) is 24.5 Å². The van der Waals surface area contributed by atoms with Crippen molar-refractivity contribution in [3.63, 3.8) is 0 Å². The van der Waals surface area contributed by atoms with Crippen LogP contribution in [0.25, 0.3) is 0 Å². The number of carbonyl (C=O) groups excluding carboxylic acids is 1. The van der Waals surface area contributed by atoms with Crippen LogP contribution in [0.4, 0.5) is 5.69 Å². The molecule has 0 aliphatic carbocycles. The van der Waals surface area contributed by atoms with Crippen LogP contribution < -0.4 is 10.2 Å². The maximum atomic E-state index is 12.9. The molecule has 4 rings (SSSR count). The third kappa shape index (κ3) is 4.93. The summed E-state index contributed by atoms with van der Waals surface area (Å²) in [6, 6.07) is 14.6. The van der Waals surface area contributed by atoms with Gasteiger partial charge in [-0.15, -0.1) is 0 Å². The summed E-state index contributed by atoms with van der Waals surface area (Å²) >= 11 is 0. The maximum Gasteiger partial charge on any atom is 0.251 e. The minimum atomic E-state index is -3.52. The van der Waals surface area contributed by atoms with Crippen LogP contribution >= 0.6 is 0 Å². The normalized spacial score (nSPS) is 20.0. The van der Waals surface area contributed by atoms with Crippen molar-refractivity contribution in [3.8, 4) is 0 Å². The molecule has 0 radical (unpaired) electrons. The average Bonchev–Trinajstić information content (AvgIpc) is 3.33. The molecular formula is C24H31N3O3S. The molecule has 2 aliphatic heterocycles. The number of hydrogen-bond donors (Lipinski definition) is 1. The highest BCUT2D eigenvalue weighted by Gasteiger charge is 2.30. The quantitative estimate of drug-likeness (QED) is 0.741. The standard InChI is InChI=1S/C24H31N3O3S/c1-19-6-2-3-17-27(19)31(29,30)23-13-9-21(10-14-23)24(28)25-18-20-7-11-22(12-8-20)26-15-4-5-16-26/h7-14,19H,2-6,15-18H2,1H3,(H,25,28). The van der Waals surface area contributed by atoms with Crippen molar-refractivity contribution in [1.82, 2.24) is 9.62 Å². The molecule has 0 aromatic heterocycles. The van der Waals surface area contributed by atoms with E-state index in [9.17, 15) is 13.2 Å². The molecule has 2 aromatic rings. The first kappa shape index (κ1) is 21.8. The first-order valence-corrected chi connectivity index (χ1v) is 12.6. The molecule has 1 unspecified atom stereocenters. The minimum absolute atomic E-state index is 0.0126. The summed E-state index contributed by atoms with van der Waals surface area (Å²) in [5.41, 5.74) is 2.72. The van der Waals surface area contributed by atoms with Crippen molar-refractivity contribution in [2.24, 2.45) is 0 Å². The van der Waals surface area contributed by atoms with Crippen LogP contribution in [-0.4, -0.2) is 44.3 Å². The number of amides is 1. The van der Waals surface area contributed by atoms with Crippen LogP contribution in [0.1, 0.15) is 54.9 Å². The zero-order valence-electron chi connectivity index (χ0n) is 18.1. The molecule has 6 nitrogen and oxygen atoms in total. The lowest BCUT2D eigenvalue weighted by Gasteiger charge is -2.32. The smallest absolute Gasteiger partial charge is 0.251 e. The van der Waals surface area contributed by atoms with Gasteiger partial charge in [0.05, 0.1) is 4.90 Å². The van der Waals surface area contributed by atoms with Crippen LogP contribution in [0.15, 0.2) is 53.4 Å². The number of nitrogens with zero attached hydrogens (tertiary/aromatic N) is 2. The second kappa shape index (κ2) is 9.40. The van der Waals surface area contributed by atoms with Gasteiger partial charge >= 0.3 is 0 Å². The Morgan fingerprint density at radius 1 is 0.935 bits per heavy atom. The Balaban J connectivity index is 1.36. The van der Waals surface area contributed by atoms with Gasteiger partial charge in [0.2, 0.25) is 10.0 Å². The number of carbonyl (C=O) groups is 1. The minimum Gasteiger partial charge on any atom is -0.372 e. The van der Waals surface area contributed by atoms with Gasteiger partial charge in [0.25, 0.3) is 5.91 Å². The molecule has 7 heteroatoms. The Labute approximate surface area is 185 Å². The fourth-order valence-electron chi connectivity index (χ4n) is 4.43. The van der Waals surface area contributed by atoms with Gasteiger partial charge in [-0.1, -0.05) is 18.6 Å². The van der Waals surface area contributed by atoms with E-state index in [0.29, 0.717) is 18.7 Å². The lowest BCUT2D eigenvalue weighted by molar-refractivity contribution is 0.0951. The van der Waals surface area contributed by atoms with E-state index < -0.39 is 10.0 Å². The zero-order valence-corrected chi connectivity index (χ0v) is 18.9. The molecule has 2 fully saturated rings. The Hall–Kier alpha value is -2.38. The van der Waals surface area contributed by atoms with E-state index in [2.05, 4.69) is 22.3 Å². The Kier molecular flexibility index (Phi) is 6.62. The van der Waals surface area contributed by atoms with Crippen molar-refractivity contribution < 1.29 is 13.2 Å². The number of nitrogens with one attached hydrogen (secondary N) is 1. The highest BCUT2D eigenvalue weighted by atomic mass is 32.2. The molecule has 0 spiro atoms. The van der Waals surface area contributed by atoms with E-state index in [-0.39, 0.29) is 16.8 Å². The zero-order chi connectivity index (χ0) is 21.8. The number of anilines is 1. The Bertz CT molecular complexity index is 997. The SMILES string of the molecule is CC1CCCCN1S(=O)(=O)c1ccc(C(=O)NCc2ccc(N3CCCC3)cc2)cc1. The van der Waals surface area contributed by atoms with Gasteiger partial charge in [0.1, 0.15) is 0 Å². The topological polar surface area (TPSA) is 69.7 Å². The first-order valence-electron chi connectivity index (χ1n) is 11.2. The molecule has 1 amide bonds. The van der Waals surface area contributed by atoms with E-state index in [1.165, 1.54) is 30.7 Å². The molecule has 2 heterocycles. The Morgan fingerprint density at radius 2 is 1.58 bits per heavy atom. The fourth-order valence-corrected chi connectivity index (χ4v) is 6.13. The molecule has 2 aliphatic rings.